The molecule has 0 saturated heterocycles. The van der Waals surface area contributed by atoms with E-state index < -0.39 is 0 Å². The van der Waals surface area contributed by atoms with Crippen LogP contribution in [0.25, 0.3) is 0 Å². The third-order valence-corrected chi connectivity index (χ3v) is 3.86. The zero-order valence-corrected chi connectivity index (χ0v) is 14.2. The molecule has 0 aliphatic heterocycles. The first-order chi connectivity index (χ1) is 11.3. The first-order valence-electron chi connectivity index (χ1n) is 8.57. The van der Waals surface area contributed by atoms with Crippen LogP contribution in [0.5, 0.6) is 17.2 Å². The zero-order valence-electron chi connectivity index (χ0n) is 14.2. The predicted octanol–water partition coefficient (Wildman–Crippen LogP) is 4.00. The molecule has 0 radical (unpaired) electrons. The van der Waals surface area contributed by atoms with Gasteiger partial charge >= 0.3 is 0 Å². The van der Waals surface area contributed by atoms with Gasteiger partial charge in [0.05, 0.1) is 19.2 Å². The van der Waals surface area contributed by atoms with Crippen molar-refractivity contribution in [3.63, 3.8) is 0 Å². The molecule has 0 amide bonds. The van der Waals surface area contributed by atoms with Crippen LogP contribution < -0.4 is 14.8 Å². The van der Waals surface area contributed by atoms with Crippen molar-refractivity contribution in [2.45, 2.75) is 39.2 Å². The molecule has 0 heterocycles. The van der Waals surface area contributed by atoms with E-state index in [0.29, 0.717) is 0 Å². The second kappa shape index (κ2) is 9.90. The molecule has 0 aromatic heterocycles. The molecule has 0 bridgehead atoms. The molecular formula is C20H28NO2+. The lowest BCUT2D eigenvalue weighted by Crippen LogP contribution is -2.89. The lowest BCUT2D eigenvalue weighted by molar-refractivity contribution is -0.686. The molecule has 3 heteroatoms. The van der Waals surface area contributed by atoms with Gasteiger partial charge < -0.3 is 14.8 Å². The van der Waals surface area contributed by atoms with Crippen LogP contribution in [-0.2, 0) is 0 Å². The molecule has 2 rings (SSSR count). The van der Waals surface area contributed by atoms with Gasteiger partial charge in [-0.1, -0.05) is 31.2 Å². The summed E-state index contributed by atoms with van der Waals surface area (Å²) in [5, 5.41) is 2.41. The molecule has 0 aliphatic carbocycles. The van der Waals surface area contributed by atoms with Crippen LogP contribution in [0.4, 0.5) is 0 Å². The van der Waals surface area contributed by atoms with Crippen molar-refractivity contribution >= 4 is 0 Å². The van der Waals surface area contributed by atoms with E-state index in [1.807, 2.05) is 54.6 Å². The lowest BCUT2D eigenvalue weighted by atomic mass is 10.2. The fourth-order valence-corrected chi connectivity index (χ4v) is 2.26. The van der Waals surface area contributed by atoms with E-state index in [2.05, 4.69) is 19.2 Å². The molecule has 1 atom stereocenters. The average molecular weight is 314 g/mol. The predicted molar refractivity (Wildman–Crippen MR) is 94.2 cm³/mol. The Morgan fingerprint density at radius 1 is 0.913 bits per heavy atom. The quantitative estimate of drug-likeness (QED) is 0.673. The number of quaternary nitrogens is 1. The molecule has 3 nitrogen and oxygen atoms in total. The molecule has 2 aromatic rings. The summed E-state index contributed by atoms with van der Waals surface area (Å²) in [6.45, 7) is 6.43. The summed E-state index contributed by atoms with van der Waals surface area (Å²) in [7, 11) is 0. The maximum absolute atomic E-state index is 5.82. The SMILES string of the molecule is CC[C@@H](C)[NH2+]CCCCOc1cccc(Oc2ccccc2)c1. The second-order valence-electron chi connectivity index (χ2n) is 5.86. The largest absolute Gasteiger partial charge is 0.493 e. The van der Waals surface area contributed by atoms with Crippen LogP contribution >= 0.6 is 0 Å². The van der Waals surface area contributed by atoms with Gasteiger partial charge in [0.15, 0.2) is 0 Å². The third-order valence-electron chi connectivity index (χ3n) is 3.86. The number of benzene rings is 2. The Morgan fingerprint density at radius 3 is 2.43 bits per heavy atom. The van der Waals surface area contributed by atoms with Crippen molar-refractivity contribution in [3.8, 4) is 17.2 Å². The van der Waals surface area contributed by atoms with Crippen molar-refractivity contribution in [3.05, 3.63) is 54.6 Å². The fraction of sp³-hybridized carbons (Fsp3) is 0.400. The molecular weight excluding hydrogens is 286 g/mol. The summed E-state index contributed by atoms with van der Waals surface area (Å²) in [5.41, 5.74) is 0. The van der Waals surface area contributed by atoms with E-state index in [4.69, 9.17) is 9.47 Å². The van der Waals surface area contributed by atoms with Gasteiger partial charge in [-0.3, -0.25) is 0 Å². The van der Waals surface area contributed by atoms with Crippen LogP contribution in [-0.4, -0.2) is 19.2 Å². The Labute approximate surface area is 139 Å². The monoisotopic (exact) mass is 314 g/mol. The molecule has 0 aliphatic rings. The van der Waals surface area contributed by atoms with Gasteiger partial charge in [0.1, 0.15) is 17.2 Å². The normalized spacial score (nSPS) is 11.9. The van der Waals surface area contributed by atoms with Crippen LogP contribution in [0.3, 0.4) is 0 Å². The molecule has 0 saturated carbocycles. The maximum atomic E-state index is 5.82. The number of ether oxygens (including phenoxy) is 2. The summed E-state index contributed by atoms with van der Waals surface area (Å²) >= 11 is 0. The van der Waals surface area contributed by atoms with E-state index in [-0.39, 0.29) is 0 Å². The van der Waals surface area contributed by atoms with Crippen molar-refractivity contribution in [2.24, 2.45) is 0 Å². The Balaban J connectivity index is 1.71. The van der Waals surface area contributed by atoms with Crippen LogP contribution in [0.15, 0.2) is 54.6 Å². The van der Waals surface area contributed by atoms with Gasteiger partial charge in [0, 0.05) is 6.07 Å². The minimum absolute atomic E-state index is 0.725. The van der Waals surface area contributed by atoms with E-state index in [0.717, 1.165) is 36.3 Å². The van der Waals surface area contributed by atoms with E-state index >= 15 is 0 Å². The first kappa shape index (κ1) is 17.4. The Bertz CT molecular complexity index is 557. The smallest absolute Gasteiger partial charge is 0.131 e. The Kier molecular flexibility index (Phi) is 7.47. The van der Waals surface area contributed by atoms with Crippen molar-refractivity contribution < 1.29 is 14.8 Å². The van der Waals surface area contributed by atoms with Crippen LogP contribution in [0.2, 0.25) is 0 Å². The van der Waals surface area contributed by atoms with E-state index in [1.54, 1.807) is 0 Å². The maximum Gasteiger partial charge on any atom is 0.131 e. The number of nitrogens with two attached hydrogens (primary N) is 1. The zero-order chi connectivity index (χ0) is 16.3. The number of hydrogen-bond donors (Lipinski definition) is 1. The first-order valence-corrected chi connectivity index (χ1v) is 8.57. The highest BCUT2D eigenvalue weighted by molar-refractivity contribution is 5.36. The van der Waals surface area contributed by atoms with E-state index in [1.165, 1.54) is 19.4 Å². The van der Waals surface area contributed by atoms with Crippen molar-refractivity contribution in [2.75, 3.05) is 13.2 Å². The lowest BCUT2D eigenvalue weighted by Gasteiger charge is -2.10. The van der Waals surface area contributed by atoms with Crippen molar-refractivity contribution in [1.82, 2.24) is 0 Å². The summed E-state index contributed by atoms with van der Waals surface area (Å²) in [5.74, 6) is 2.51. The summed E-state index contributed by atoms with van der Waals surface area (Å²) in [6, 6.07) is 18.3. The average Bonchev–Trinajstić information content (AvgIpc) is 2.59. The number of para-hydroxylation sites is 1. The highest BCUT2D eigenvalue weighted by Gasteiger charge is 2.02. The van der Waals surface area contributed by atoms with E-state index in [9.17, 15) is 0 Å². The molecule has 2 aromatic carbocycles. The molecule has 2 N–H and O–H groups in total. The summed E-state index contributed by atoms with van der Waals surface area (Å²) in [6.07, 6.45) is 3.49. The van der Waals surface area contributed by atoms with Gasteiger partial charge in [-0.25, -0.2) is 0 Å². The fourth-order valence-electron chi connectivity index (χ4n) is 2.26. The number of rotatable bonds is 10. The van der Waals surface area contributed by atoms with Gasteiger partial charge in [0.2, 0.25) is 0 Å². The highest BCUT2D eigenvalue weighted by Crippen LogP contribution is 2.25. The van der Waals surface area contributed by atoms with Gasteiger partial charge in [0.25, 0.3) is 0 Å². The van der Waals surface area contributed by atoms with Crippen LogP contribution in [0, 0.1) is 0 Å². The molecule has 124 valence electrons. The molecule has 0 spiro atoms. The second-order valence-corrected chi connectivity index (χ2v) is 5.86. The third kappa shape index (κ3) is 6.74. The minimum Gasteiger partial charge on any atom is -0.493 e. The molecule has 23 heavy (non-hydrogen) atoms. The highest BCUT2D eigenvalue weighted by atomic mass is 16.5. The van der Waals surface area contributed by atoms with Gasteiger partial charge in [-0.2, -0.15) is 0 Å². The standard InChI is InChI=1S/C20H27NO2/c1-3-17(2)21-14-7-8-15-22-19-12-9-13-20(16-19)23-18-10-5-4-6-11-18/h4-6,9-13,16-17,21H,3,7-8,14-15H2,1-2H3/p+1/t17-/m1/s1. The minimum atomic E-state index is 0.725. The van der Waals surface area contributed by atoms with Gasteiger partial charge in [-0.15, -0.1) is 0 Å². The summed E-state index contributed by atoms with van der Waals surface area (Å²) < 4.78 is 11.6. The van der Waals surface area contributed by atoms with Crippen molar-refractivity contribution in [1.29, 1.82) is 0 Å². The Morgan fingerprint density at radius 2 is 1.65 bits per heavy atom. The number of hydrogen-bond acceptors (Lipinski definition) is 2. The summed E-state index contributed by atoms with van der Waals surface area (Å²) in [4.78, 5) is 0. The van der Waals surface area contributed by atoms with Gasteiger partial charge in [-0.05, 0) is 50.5 Å². The molecule has 0 fully saturated rings. The Hall–Kier alpha value is -2.00. The van der Waals surface area contributed by atoms with Crippen LogP contribution in [0.1, 0.15) is 33.1 Å². The molecule has 0 unspecified atom stereocenters. The number of unbranched alkanes of at least 4 members (excludes halogenated alkanes) is 1. The topological polar surface area (TPSA) is 35.1 Å².